The zero-order valence-corrected chi connectivity index (χ0v) is 8.94. The Kier molecular flexibility index (Phi) is 3.22. The molecule has 0 aliphatic carbocycles. The highest BCUT2D eigenvalue weighted by molar-refractivity contribution is 5.54. The van der Waals surface area contributed by atoms with Gasteiger partial charge in [0.25, 0.3) is 0 Å². The van der Waals surface area contributed by atoms with Gasteiger partial charge in [-0.15, -0.1) is 0 Å². The van der Waals surface area contributed by atoms with Gasteiger partial charge < -0.3 is 15.8 Å². The number of nitrogen functional groups attached to an aromatic ring is 1. The van der Waals surface area contributed by atoms with E-state index in [-0.39, 0.29) is 11.8 Å². The minimum absolute atomic E-state index is 0.255. The molecule has 1 atom stereocenters. The molecule has 0 radical (unpaired) electrons. The molecule has 5 heteroatoms. The van der Waals surface area contributed by atoms with Crippen molar-refractivity contribution >= 4 is 11.5 Å². The first-order valence-electron chi connectivity index (χ1n) is 5.31. The third-order valence-electron chi connectivity index (χ3n) is 2.57. The maximum Gasteiger partial charge on any atom is 0.165 e. The summed E-state index contributed by atoms with van der Waals surface area (Å²) in [4.78, 5) is 4.10. The minimum atomic E-state index is 0.255. The Bertz CT molecular complexity index is 407. The van der Waals surface area contributed by atoms with Gasteiger partial charge in [0.05, 0.1) is 11.8 Å². The van der Waals surface area contributed by atoms with Gasteiger partial charge in [-0.3, -0.25) is 0 Å². The van der Waals surface area contributed by atoms with E-state index in [1.807, 2.05) is 6.07 Å². The van der Waals surface area contributed by atoms with Crippen LogP contribution in [0.15, 0.2) is 12.1 Å². The topological polar surface area (TPSA) is 84.0 Å². The number of rotatable bonds is 3. The summed E-state index contributed by atoms with van der Waals surface area (Å²) >= 11 is 0. The number of nitrogens with one attached hydrogen (secondary N) is 1. The molecule has 5 nitrogen and oxygen atoms in total. The van der Waals surface area contributed by atoms with Crippen molar-refractivity contribution in [3.8, 4) is 6.07 Å². The molecule has 0 amide bonds. The molecule has 1 aromatic heterocycles. The standard InChI is InChI=1S/C11H14N4O/c12-6-10-9(13)3-4-11(15-10)14-7-8-2-1-5-16-8/h3-4,8H,1-2,5,7,13H2,(H,14,15). The van der Waals surface area contributed by atoms with Crippen LogP contribution in [0.4, 0.5) is 11.5 Å². The molecule has 3 N–H and O–H groups in total. The number of ether oxygens (including phenoxy) is 1. The van der Waals surface area contributed by atoms with Crippen LogP contribution in [0.25, 0.3) is 0 Å². The van der Waals surface area contributed by atoms with Gasteiger partial charge in [-0.25, -0.2) is 4.98 Å². The van der Waals surface area contributed by atoms with Gasteiger partial charge in [-0.2, -0.15) is 5.26 Å². The molecule has 1 unspecified atom stereocenters. The first-order valence-corrected chi connectivity index (χ1v) is 5.31. The van der Waals surface area contributed by atoms with E-state index in [0.29, 0.717) is 11.5 Å². The van der Waals surface area contributed by atoms with Gasteiger partial charge >= 0.3 is 0 Å². The molecule has 2 rings (SSSR count). The normalized spacial score (nSPS) is 19.3. The summed E-state index contributed by atoms with van der Waals surface area (Å²) in [6.45, 7) is 1.56. The van der Waals surface area contributed by atoms with Crippen molar-refractivity contribution in [3.05, 3.63) is 17.8 Å². The summed E-state index contributed by atoms with van der Waals surface area (Å²) in [5.74, 6) is 0.668. The number of pyridine rings is 1. The van der Waals surface area contributed by atoms with Gasteiger partial charge in [0.1, 0.15) is 11.9 Å². The lowest BCUT2D eigenvalue weighted by molar-refractivity contribution is 0.120. The van der Waals surface area contributed by atoms with Gasteiger partial charge in [-0.05, 0) is 25.0 Å². The molecule has 1 saturated heterocycles. The monoisotopic (exact) mass is 218 g/mol. The second-order valence-corrected chi connectivity index (χ2v) is 3.76. The quantitative estimate of drug-likeness (QED) is 0.794. The van der Waals surface area contributed by atoms with Gasteiger partial charge in [0.2, 0.25) is 0 Å². The van der Waals surface area contributed by atoms with Crippen LogP contribution in [0.3, 0.4) is 0 Å². The number of nitrogens with two attached hydrogens (primary N) is 1. The van der Waals surface area contributed by atoms with Crippen LogP contribution >= 0.6 is 0 Å². The van der Waals surface area contributed by atoms with Crippen LogP contribution in [0, 0.1) is 11.3 Å². The van der Waals surface area contributed by atoms with E-state index in [9.17, 15) is 0 Å². The summed E-state index contributed by atoms with van der Waals surface area (Å²) in [6, 6.07) is 5.41. The largest absolute Gasteiger partial charge is 0.396 e. The van der Waals surface area contributed by atoms with Crippen LogP contribution in [0.1, 0.15) is 18.5 Å². The number of anilines is 2. The Morgan fingerprint density at radius 2 is 2.50 bits per heavy atom. The lowest BCUT2D eigenvalue weighted by atomic mass is 10.2. The molecule has 0 bridgehead atoms. The molecule has 16 heavy (non-hydrogen) atoms. The molecule has 1 aliphatic rings. The van der Waals surface area contributed by atoms with Crippen molar-refractivity contribution in [2.75, 3.05) is 24.2 Å². The SMILES string of the molecule is N#Cc1nc(NCC2CCCO2)ccc1N. The first-order chi connectivity index (χ1) is 7.79. The summed E-state index contributed by atoms with van der Waals surface area (Å²) in [5.41, 5.74) is 6.25. The molecular weight excluding hydrogens is 204 g/mol. The van der Waals surface area contributed by atoms with Crippen LogP contribution in [0.2, 0.25) is 0 Å². The number of hydrogen-bond donors (Lipinski definition) is 2. The van der Waals surface area contributed by atoms with E-state index in [1.165, 1.54) is 0 Å². The van der Waals surface area contributed by atoms with Gasteiger partial charge in [0, 0.05) is 13.2 Å². The highest BCUT2D eigenvalue weighted by Crippen LogP contribution is 2.15. The third-order valence-corrected chi connectivity index (χ3v) is 2.57. The Morgan fingerprint density at radius 3 is 3.19 bits per heavy atom. The summed E-state index contributed by atoms with van der Waals surface area (Å²) in [7, 11) is 0. The van der Waals surface area contributed by atoms with Crippen LogP contribution in [0.5, 0.6) is 0 Å². The van der Waals surface area contributed by atoms with E-state index in [1.54, 1.807) is 12.1 Å². The second-order valence-electron chi connectivity index (χ2n) is 3.76. The number of nitriles is 1. The smallest absolute Gasteiger partial charge is 0.165 e. The van der Waals surface area contributed by atoms with E-state index < -0.39 is 0 Å². The lowest BCUT2D eigenvalue weighted by Gasteiger charge is -2.11. The van der Waals surface area contributed by atoms with Crippen LogP contribution < -0.4 is 11.1 Å². The highest BCUT2D eigenvalue weighted by Gasteiger charge is 2.15. The molecule has 1 aromatic rings. The molecule has 0 spiro atoms. The maximum absolute atomic E-state index is 8.78. The number of nitrogens with zero attached hydrogens (tertiary/aromatic N) is 2. The Hall–Kier alpha value is -1.80. The molecule has 0 saturated carbocycles. The molecule has 0 aromatic carbocycles. The summed E-state index contributed by atoms with van der Waals surface area (Å²) < 4.78 is 5.47. The van der Waals surface area contributed by atoms with Crippen molar-refractivity contribution in [3.63, 3.8) is 0 Å². The van der Waals surface area contributed by atoms with Crippen molar-refractivity contribution in [1.29, 1.82) is 5.26 Å². The van der Waals surface area contributed by atoms with Crippen LogP contribution in [-0.2, 0) is 4.74 Å². The molecule has 1 fully saturated rings. The fourth-order valence-electron chi connectivity index (χ4n) is 1.68. The Balaban J connectivity index is 1.96. The molecule has 1 aliphatic heterocycles. The van der Waals surface area contributed by atoms with Crippen molar-refractivity contribution in [2.24, 2.45) is 0 Å². The number of hydrogen-bond acceptors (Lipinski definition) is 5. The third kappa shape index (κ3) is 2.41. The fourth-order valence-corrected chi connectivity index (χ4v) is 1.68. The van der Waals surface area contributed by atoms with E-state index in [4.69, 9.17) is 15.7 Å². The van der Waals surface area contributed by atoms with E-state index in [0.717, 1.165) is 26.0 Å². The van der Waals surface area contributed by atoms with Gasteiger partial charge in [0.15, 0.2) is 5.69 Å². The minimum Gasteiger partial charge on any atom is -0.396 e. The average molecular weight is 218 g/mol. The Labute approximate surface area is 94.2 Å². The molecular formula is C11H14N4O. The lowest BCUT2D eigenvalue weighted by Crippen LogP contribution is -2.19. The molecule has 2 heterocycles. The Morgan fingerprint density at radius 1 is 1.62 bits per heavy atom. The zero-order valence-electron chi connectivity index (χ0n) is 8.94. The fraction of sp³-hybridized carbons (Fsp3) is 0.455. The van der Waals surface area contributed by atoms with Crippen LogP contribution in [-0.4, -0.2) is 24.2 Å². The van der Waals surface area contributed by atoms with Crippen molar-refractivity contribution < 1.29 is 4.74 Å². The second kappa shape index (κ2) is 4.81. The first kappa shape index (κ1) is 10.7. The maximum atomic E-state index is 8.78. The van der Waals surface area contributed by atoms with E-state index in [2.05, 4.69) is 10.3 Å². The van der Waals surface area contributed by atoms with E-state index >= 15 is 0 Å². The number of aromatic nitrogens is 1. The predicted octanol–water partition coefficient (Wildman–Crippen LogP) is 1.13. The van der Waals surface area contributed by atoms with Gasteiger partial charge in [-0.1, -0.05) is 0 Å². The summed E-state index contributed by atoms with van der Waals surface area (Å²) in [5, 5.41) is 11.9. The highest BCUT2D eigenvalue weighted by atomic mass is 16.5. The van der Waals surface area contributed by atoms with Crippen molar-refractivity contribution in [2.45, 2.75) is 18.9 Å². The molecule has 84 valence electrons. The average Bonchev–Trinajstić information content (AvgIpc) is 2.81. The zero-order chi connectivity index (χ0) is 11.4. The predicted molar refractivity (Wildman–Crippen MR) is 60.8 cm³/mol. The van der Waals surface area contributed by atoms with Crippen molar-refractivity contribution in [1.82, 2.24) is 4.98 Å². The summed E-state index contributed by atoms with van der Waals surface area (Å²) in [6.07, 6.45) is 2.45.